The molecule has 9 nitrogen and oxygen atoms in total. The molecule has 0 bridgehead atoms. The van der Waals surface area contributed by atoms with Crippen molar-refractivity contribution in [3.05, 3.63) is 67.5 Å². The number of nitrogens with two attached hydrogens (primary N) is 1. The van der Waals surface area contributed by atoms with Gasteiger partial charge in [-0.3, -0.25) is 9.59 Å². The first-order valence-electron chi connectivity index (χ1n) is 9.48. The van der Waals surface area contributed by atoms with Gasteiger partial charge in [0.15, 0.2) is 5.82 Å². The highest BCUT2D eigenvalue weighted by Crippen LogP contribution is 2.31. The zero-order chi connectivity index (χ0) is 24.3. The molecule has 3 aromatic rings. The van der Waals surface area contributed by atoms with Crippen molar-refractivity contribution < 1.29 is 14.7 Å². The number of aliphatic hydroxyl groups excluding tert-OH is 1. The summed E-state index contributed by atoms with van der Waals surface area (Å²) < 4.78 is 1.62. The molecular weight excluding hydrogens is 559 g/mol. The molecule has 2 atom stereocenters. The van der Waals surface area contributed by atoms with Crippen LogP contribution >= 0.6 is 50.7 Å². The van der Waals surface area contributed by atoms with Crippen LogP contribution in [0.25, 0.3) is 5.82 Å². The number of amides is 2. The van der Waals surface area contributed by atoms with Crippen LogP contribution in [0.3, 0.4) is 0 Å². The third-order valence-corrected chi connectivity index (χ3v) is 5.56. The number of carbonyl (C=O) groups excluding carboxylic acids is 2. The second-order valence-electron chi connectivity index (χ2n) is 7.01. The van der Waals surface area contributed by atoms with Crippen molar-refractivity contribution in [1.29, 1.82) is 0 Å². The zero-order valence-electron chi connectivity index (χ0n) is 17.0. The van der Waals surface area contributed by atoms with Crippen LogP contribution in [0.5, 0.6) is 0 Å². The van der Waals surface area contributed by atoms with Gasteiger partial charge in [0.25, 0.3) is 11.8 Å². The van der Waals surface area contributed by atoms with Crippen LogP contribution in [0.15, 0.2) is 41.1 Å². The summed E-state index contributed by atoms with van der Waals surface area (Å²) in [6.45, 7) is 1.67. The molecule has 0 saturated heterocycles. The Kier molecular flexibility index (Phi) is 8.33. The van der Waals surface area contributed by atoms with Gasteiger partial charge in [0.2, 0.25) is 0 Å². The van der Waals surface area contributed by atoms with E-state index >= 15 is 0 Å². The molecule has 2 amide bonds. The molecule has 0 fully saturated rings. The van der Waals surface area contributed by atoms with Crippen molar-refractivity contribution in [2.24, 2.45) is 5.73 Å². The Bertz CT molecular complexity index is 1200. The lowest BCUT2D eigenvalue weighted by Gasteiger charge is -2.18. The Hall–Kier alpha value is -2.21. The van der Waals surface area contributed by atoms with Crippen molar-refractivity contribution in [2.45, 2.75) is 25.6 Å². The molecule has 33 heavy (non-hydrogen) atoms. The molecule has 13 heteroatoms. The van der Waals surface area contributed by atoms with Crippen LogP contribution in [0, 0.1) is 0 Å². The van der Waals surface area contributed by atoms with E-state index < -0.39 is 24.1 Å². The summed E-state index contributed by atoms with van der Waals surface area (Å²) >= 11 is 21.9. The van der Waals surface area contributed by atoms with Gasteiger partial charge >= 0.3 is 0 Å². The monoisotopic (exact) mass is 574 g/mol. The predicted octanol–water partition coefficient (Wildman–Crippen LogP) is 4.03. The molecule has 3 rings (SSSR count). The number of hydrogen-bond donors (Lipinski definition) is 4. The number of halogens is 4. The minimum Gasteiger partial charge on any atom is -0.379 e. The van der Waals surface area contributed by atoms with Crippen LogP contribution in [-0.2, 0) is 0 Å². The Balaban J connectivity index is 1.96. The maximum Gasteiger partial charge on any atom is 0.274 e. The molecule has 174 valence electrons. The lowest BCUT2D eigenvalue weighted by molar-refractivity contribution is 0.0920. The van der Waals surface area contributed by atoms with Crippen molar-refractivity contribution in [2.75, 3.05) is 5.32 Å². The molecule has 0 aliphatic carbocycles. The van der Waals surface area contributed by atoms with Crippen LogP contribution < -0.4 is 16.4 Å². The second-order valence-corrected chi connectivity index (χ2v) is 9.08. The van der Waals surface area contributed by atoms with Crippen LogP contribution in [0.1, 0.15) is 34.2 Å². The van der Waals surface area contributed by atoms with Gasteiger partial charge in [0, 0.05) is 29.7 Å². The largest absolute Gasteiger partial charge is 0.379 e. The first kappa shape index (κ1) is 25.4. The van der Waals surface area contributed by atoms with Crippen LogP contribution in [-0.4, -0.2) is 44.0 Å². The fraction of sp³-hybridized carbons (Fsp3) is 0.200. The second kappa shape index (κ2) is 10.8. The van der Waals surface area contributed by atoms with Crippen molar-refractivity contribution in [3.8, 4) is 5.82 Å². The van der Waals surface area contributed by atoms with E-state index in [9.17, 15) is 14.7 Å². The van der Waals surface area contributed by atoms with Crippen LogP contribution in [0.4, 0.5) is 5.69 Å². The number of rotatable bonds is 7. The van der Waals surface area contributed by atoms with Gasteiger partial charge in [-0.05, 0) is 47.1 Å². The SMILES string of the molecule is CC(CC(N)O)NC(=O)c1cc(Cl)cc(Cl)c1NC(=O)c1cc(Br)nn1-c1ncccc1Cl. The fourth-order valence-corrected chi connectivity index (χ4v) is 4.11. The van der Waals surface area contributed by atoms with E-state index in [1.54, 1.807) is 19.1 Å². The van der Waals surface area contributed by atoms with Crippen LogP contribution in [0.2, 0.25) is 15.1 Å². The highest BCUT2D eigenvalue weighted by atomic mass is 79.9. The van der Waals surface area contributed by atoms with Gasteiger partial charge in [-0.2, -0.15) is 5.10 Å². The van der Waals surface area contributed by atoms with E-state index in [1.165, 1.54) is 29.1 Å². The number of nitrogens with one attached hydrogen (secondary N) is 2. The number of pyridine rings is 1. The summed E-state index contributed by atoms with van der Waals surface area (Å²) in [4.78, 5) is 30.2. The van der Waals surface area contributed by atoms with Gasteiger partial charge in [0.05, 0.1) is 21.3 Å². The number of anilines is 1. The van der Waals surface area contributed by atoms with E-state index in [0.717, 1.165) is 0 Å². The number of nitrogens with zero attached hydrogens (tertiary/aromatic N) is 3. The van der Waals surface area contributed by atoms with Gasteiger partial charge in [-0.1, -0.05) is 34.8 Å². The molecule has 2 unspecified atom stereocenters. The van der Waals surface area contributed by atoms with Gasteiger partial charge in [-0.25, -0.2) is 9.67 Å². The van der Waals surface area contributed by atoms with Crippen molar-refractivity contribution in [3.63, 3.8) is 0 Å². The lowest BCUT2D eigenvalue weighted by Crippen LogP contribution is -2.37. The number of aliphatic hydroxyl groups is 1. The van der Waals surface area contributed by atoms with E-state index in [1.807, 2.05) is 0 Å². The average Bonchev–Trinajstić information content (AvgIpc) is 3.10. The molecule has 0 radical (unpaired) electrons. The molecule has 0 spiro atoms. The summed E-state index contributed by atoms with van der Waals surface area (Å²) in [6, 6.07) is 7.03. The highest BCUT2D eigenvalue weighted by Gasteiger charge is 2.23. The molecule has 2 aromatic heterocycles. The van der Waals surface area contributed by atoms with Gasteiger partial charge < -0.3 is 21.5 Å². The van der Waals surface area contributed by atoms with Gasteiger partial charge in [-0.15, -0.1) is 0 Å². The summed E-state index contributed by atoms with van der Waals surface area (Å²) in [5.74, 6) is -0.951. The van der Waals surface area contributed by atoms with E-state index in [0.29, 0.717) is 4.60 Å². The molecule has 2 heterocycles. The lowest BCUT2D eigenvalue weighted by atomic mass is 10.1. The summed E-state index contributed by atoms with van der Waals surface area (Å²) in [6.07, 6.45) is 0.538. The van der Waals surface area contributed by atoms with E-state index in [2.05, 4.69) is 36.6 Å². The standard InChI is InChI=1S/C20H18BrCl3N6O3/c1-9(5-16(25)31)27-19(32)11-6-10(22)7-13(24)17(11)28-20(33)14-8-15(21)29-30(14)18-12(23)3-2-4-26-18/h2-4,6-9,16,31H,5,25H2,1H3,(H,27,32)(H,28,33). The highest BCUT2D eigenvalue weighted by molar-refractivity contribution is 9.10. The normalized spacial score (nSPS) is 12.8. The first-order chi connectivity index (χ1) is 15.6. The number of hydrogen-bond acceptors (Lipinski definition) is 6. The van der Waals surface area contributed by atoms with Crippen molar-refractivity contribution in [1.82, 2.24) is 20.1 Å². The Morgan fingerprint density at radius 1 is 1.21 bits per heavy atom. The molecule has 0 aliphatic heterocycles. The number of aromatic nitrogens is 3. The van der Waals surface area contributed by atoms with Gasteiger partial charge in [0.1, 0.15) is 16.5 Å². The predicted molar refractivity (Wildman–Crippen MR) is 130 cm³/mol. The summed E-state index contributed by atoms with van der Waals surface area (Å²) in [7, 11) is 0. The number of carbonyl (C=O) groups is 2. The number of benzene rings is 1. The maximum absolute atomic E-state index is 13.2. The Morgan fingerprint density at radius 3 is 2.61 bits per heavy atom. The first-order valence-corrected chi connectivity index (χ1v) is 11.4. The summed E-state index contributed by atoms with van der Waals surface area (Å²) in [5.41, 5.74) is 5.52. The van der Waals surface area contributed by atoms with E-state index in [4.69, 9.17) is 40.5 Å². The van der Waals surface area contributed by atoms with Crippen molar-refractivity contribution >= 4 is 68.2 Å². The minimum atomic E-state index is -1.10. The zero-order valence-corrected chi connectivity index (χ0v) is 20.9. The summed E-state index contributed by atoms with van der Waals surface area (Å²) in [5, 5.41) is 19.4. The fourth-order valence-electron chi connectivity index (χ4n) is 2.99. The molecule has 5 N–H and O–H groups in total. The smallest absolute Gasteiger partial charge is 0.274 e. The molecule has 0 saturated carbocycles. The molecule has 0 aliphatic rings. The third kappa shape index (κ3) is 6.23. The average molecular weight is 577 g/mol. The molecular formula is C20H18BrCl3N6O3. The quantitative estimate of drug-likeness (QED) is 0.314. The minimum absolute atomic E-state index is 0.0280. The third-order valence-electron chi connectivity index (χ3n) is 4.36. The van der Waals surface area contributed by atoms with E-state index in [-0.39, 0.29) is 44.3 Å². The maximum atomic E-state index is 13.2. The topological polar surface area (TPSA) is 135 Å². The molecule has 1 aromatic carbocycles. The Labute approximate surface area is 212 Å². The Morgan fingerprint density at radius 2 is 1.94 bits per heavy atom.